The lowest BCUT2D eigenvalue weighted by Gasteiger charge is -2.08. The Balaban J connectivity index is 1.97. The van der Waals surface area contributed by atoms with E-state index in [1.165, 1.54) is 6.42 Å². The van der Waals surface area contributed by atoms with Crippen molar-refractivity contribution in [1.29, 1.82) is 0 Å². The molecule has 2 N–H and O–H groups in total. The highest BCUT2D eigenvalue weighted by Gasteiger charge is 2.32. The first-order valence-corrected chi connectivity index (χ1v) is 6.50. The van der Waals surface area contributed by atoms with Crippen LogP contribution in [0.3, 0.4) is 0 Å². The third-order valence-electron chi connectivity index (χ3n) is 2.89. The van der Waals surface area contributed by atoms with Crippen molar-refractivity contribution < 1.29 is 0 Å². The highest BCUT2D eigenvalue weighted by molar-refractivity contribution is 9.10. The number of hydrogen-bond donors (Lipinski definition) is 2. The summed E-state index contributed by atoms with van der Waals surface area (Å²) in [6.07, 6.45) is 3.11. The summed E-state index contributed by atoms with van der Waals surface area (Å²) in [5, 5.41) is 6.47. The molecule has 1 aliphatic carbocycles. The van der Waals surface area contributed by atoms with Crippen molar-refractivity contribution in [2.45, 2.75) is 20.3 Å². The van der Waals surface area contributed by atoms with Crippen molar-refractivity contribution in [3.8, 4) is 0 Å². The predicted octanol–water partition coefficient (Wildman–Crippen LogP) is 2.74. The Labute approximate surface area is 104 Å². The van der Waals surface area contributed by atoms with Gasteiger partial charge in [0.15, 0.2) is 0 Å². The third kappa shape index (κ3) is 2.84. The molecule has 16 heavy (non-hydrogen) atoms. The largest absolute Gasteiger partial charge is 0.369 e. The molecule has 4 nitrogen and oxygen atoms in total. The summed E-state index contributed by atoms with van der Waals surface area (Å²) >= 11 is 3.45. The molecule has 1 aromatic heterocycles. The minimum absolute atomic E-state index is 0.678. The molecule has 0 bridgehead atoms. The molecule has 2 atom stereocenters. The zero-order chi connectivity index (χ0) is 11.5. The number of nitrogens with zero attached hydrogens (tertiary/aromatic N) is 2. The molecule has 0 amide bonds. The third-order valence-corrected chi connectivity index (χ3v) is 3.47. The van der Waals surface area contributed by atoms with Gasteiger partial charge in [0.1, 0.15) is 5.82 Å². The SMILES string of the molecule is CCNc1ncc(Br)c(NCC2CC2C)n1. The molecular formula is C11H17BrN4. The van der Waals surface area contributed by atoms with Crippen molar-refractivity contribution in [3.05, 3.63) is 10.7 Å². The fourth-order valence-corrected chi connectivity index (χ4v) is 1.98. The summed E-state index contributed by atoms with van der Waals surface area (Å²) < 4.78 is 0.919. The van der Waals surface area contributed by atoms with Crippen LogP contribution in [0.5, 0.6) is 0 Å². The van der Waals surface area contributed by atoms with Crippen LogP contribution in [0.15, 0.2) is 10.7 Å². The number of hydrogen-bond acceptors (Lipinski definition) is 4. The first-order chi connectivity index (χ1) is 7.70. The summed E-state index contributed by atoms with van der Waals surface area (Å²) in [6.45, 7) is 6.15. The highest BCUT2D eigenvalue weighted by atomic mass is 79.9. The summed E-state index contributed by atoms with van der Waals surface area (Å²) in [5.41, 5.74) is 0. The van der Waals surface area contributed by atoms with Crippen LogP contribution in [0.2, 0.25) is 0 Å². The molecule has 0 radical (unpaired) electrons. The quantitative estimate of drug-likeness (QED) is 0.873. The van der Waals surface area contributed by atoms with E-state index in [0.717, 1.165) is 35.2 Å². The van der Waals surface area contributed by atoms with Gasteiger partial charge in [-0.1, -0.05) is 6.92 Å². The van der Waals surface area contributed by atoms with Gasteiger partial charge >= 0.3 is 0 Å². The van der Waals surface area contributed by atoms with Gasteiger partial charge in [-0.25, -0.2) is 4.98 Å². The van der Waals surface area contributed by atoms with Gasteiger partial charge in [0.2, 0.25) is 5.95 Å². The fraction of sp³-hybridized carbons (Fsp3) is 0.636. The van der Waals surface area contributed by atoms with Crippen LogP contribution >= 0.6 is 15.9 Å². The Kier molecular flexibility index (Phi) is 3.63. The van der Waals surface area contributed by atoms with Crippen LogP contribution in [0, 0.1) is 11.8 Å². The first-order valence-electron chi connectivity index (χ1n) is 5.71. The zero-order valence-corrected chi connectivity index (χ0v) is 11.2. The molecular weight excluding hydrogens is 268 g/mol. The maximum Gasteiger partial charge on any atom is 0.224 e. The van der Waals surface area contributed by atoms with Crippen LogP contribution in [0.25, 0.3) is 0 Å². The van der Waals surface area contributed by atoms with Crippen molar-refractivity contribution in [1.82, 2.24) is 9.97 Å². The van der Waals surface area contributed by atoms with Crippen molar-refractivity contribution >= 4 is 27.7 Å². The Hall–Kier alpha value is -0.840. The lowest BCUT2D eigenvalue weighted by atomic mass is 10.3. The van der Waals surface area contributed by atoms with Crippen molar-refractivity contribution in [2.75, 3.05) is 23.7 Å². The monoisotopic (exact) mass is 284 g/mol. The molecule has 1 aliphatic rings. The molecule has 1 fully saturated rings. The topological polar surface area (TPSA) is 49.8 Å². The number of nitrogens with one attached hydrogen (secondary N) is 2. The van der Waals surface area contributed by atoms with E-state index in [0.29, 0.717) is 5.95 Å². The second kappa shape index (κ2) is 4.99. The number of anilines is 2. The molecule has 0 spiro atoms. The van der Waals surface area contributed by atoms with E-state index in [9.17, 15) is 0 Å². The molecule has 0 aromatic carbocycles. The average Bonchev–Trinajstić information content (AvgIpc) is 2.96. The van der Waals surface area contributed by atoms with Gasteiger partial charge in [-0.05, 0) is 41.1 Å². The van der Waals surface area contributed by atoms with Crippen molar-refractivity contribution in [2.24, 2.45) is 11.8 Å². The maximum atomic E-state index is 4.41. The van der Waals surface area contributed by atoms with Crippen molar-refractivity contribution in [3.63, 3.8) is 0 Å². The Morgan fingerprint density at radius 3 is 2.88 bits per heavy atom. The second-order valence-corrected chi connectivity index (χ2v) is 5.13. The predicted molar refractivity (Wildman–Crippen MR) is 69.7 cm³/mol. The second-order valence-electron chi connectivity index (χ2n) is 4.27. The number of halogens is 1. The summed E-state index contributed by atoms with van der Waals surface area (Å²) in [6, 6.07) is 0. The van der Waals surface area contributed by atoms with E-state index in [-0.39, 0.29) is 0 Å². The van der Waals surface area contributed by atoms with Crippen LogP contribution in [-0.2, 0) is 0 Å². The Morgan fingerprint density at radius 1 is 1.50 bits per heavy atom. The van der Waals surface area contributed by atoms with Gasteiger partial charge in [-0.3, -0.25) is 0 Å². The lowest BCUT2D eigenvalue weighted by molar-refractivity contribution is 0.783. The van der Waals surface area contributed by atoms with Gasteiger partial charge in [0.05, 0.1) is 4.47 Å². The van der Waals surface area contributed by atoms with E-state index in [4.69, 9.17) is 0 Å². The van der Waals surface area contributed by atoms with Crippen LogP contribution in [-0.4, -0.2) is 23.1 Å². The van der Waals surface area contributed by atoms with Crippen LogP contribution in [0.4, 0.5) is 11.8 Å². The first kappa shape index (κ1) is 11.6. The molecule has 0 aliphatic heterocycles. The Morgan fingerprint density at radius 2 is 2.25 bits per heavy atom. The maximum absolute atomic E-state index is 4.41. The van der Waals surface area contributed by atoms with E-state index < -0.39 is 0 Å². The fourth-order valence-electron chi connectivity index (χ4n) is 1.65. The van der Waals surface area contributed by atoms with Crippen LogP contribution < -0.4 is 10.6 Å². The lowest BCUT2D eigenvalue weighted by Crippen LogP contribution is -2.09. The molecule has 1 saturated carbocycles. The molecule has 88 valence electrons. The minimum Gasteiger partial charge on any atom is -0.369 e. The van der Waals surface area contributed by atoms with Crippen LogP contribution in [0.1, 0.15) is 20.3 Å². The Bertz CT molecular complexity index is 369. The van der Waals surface area contributed by atoms with E-state index in [1.807, 2.05) is 6.92 Å². The number of aromatic nitrogens is 2. The van der Waals surface area contributed by atoms with Gasteiger partial charge in [-0.15, -0.1) is 0 Å². The normalized spacial score (nSPS) is 22.9. The molecule has 2 unspecified atom stereocenters. The van der Waals surface area contributed by atoms with E-state index in [1.54, 1.807) is 6.20 Å². The molecule has 5 heteroatoms. The zero-order valence-electron chi connectivity index (χ0n) is 9.63. The average molecular weight is 285 g/mol. The smallest absolute Gasteiger partial charge is 0.224 e. The van der Waals surface area contributed by atoms with Gasteiger partial charge in [0.25, 0.3) is 0 Å². The summed E-state index contributed by atoms with van der Waals surface area (Å²) in [4.78, 5) is 8.58. The van der Waals surface area contributed by atoms with E-state index in [2.05, 4.69) is 43.5 Å². The standard InChI is InChI=1S/C11H17BrN4/c1-3-13-11-15-6-9(12)10(16-11)14-5-8-4-7(8)2/h6-8H,3-5H2,1-2H3,(H2,13,14,15,16). The molecule has 1 aromatic rings. The molecule has 2 rings (SSSR count). The number of rotatable bonds is 5. The minimum atomic E-state index is 0.678. The van der Waals surface area contributed by atoms with Gasteiger partial charge in [0, 0.05) is 19.3 Å². The van der Waals surface area contributed by atoms with Gasteiger partial charge in [-0.2, -0.15) is 4.98 Å². The van der Waals surface area contributed by atoms with E-state index >= 15 is 0 Å². The highest BCUT2D eigenvalue weighted by Crippen LogP contribution is 2.37. The summed E-state index contributed by atoms with van der Waals surface area (Å²) in [5.74, 6) is 3.23. The molecule has 0 saturated heterocycles. The molecule has 1 heterocycles. The van der Waals surface area contributed by atoms with Gasteiger partial charge < -0.3 is 10.6 Å². The summed E-state index contributed by atoms with van der Waals surface area (Å²) in [7, 11) is 0.